The lowest BCUT2D eigenvalue weighted by Crippen LogP contribution is -2.50. The molecule has 1 aliphatic heterocycles. The zero-order chi connectivity index (χ0) is 15.1. The molecule has 20 heavy (non-hydrogen) atoms. The minimum atomic E-state index is -0.959. The van der Waals surface area contributed by atoms with Crippen LogP contribution in [0.25, 0.3) is 0 Å². The molecule has 0 radical (unpaired) electrons. The number of nitrogens with one attached hydrogen (secondary N) is 1. The van der Waals surface area contributed by atoms with E-state index in [1.807, 2.05) is 25.9 Å². The zero-order valence-electron chi connectivity index (χ0n) is 12.2. The average Bonchev–Trinajstić information content (AvgIpc) is 2.75. The van der Waals surface area contributed by atoms with Crippen molar-refractivity contribution in [2.45, 2.75) is 18.3 Å². The van der Waals surface area contributed by atoms with Crippen LogP contribution in [-0.4, -0.2) is 84.5 Å². The summed E-state index contributed by atoms with van der Waals surface area (Å²) in [6, 6.07) is -1.09. The minimum absolute atomic E-state index is 0.120. The molecule has 1 aliphatic rings. The van der Waals surface area contributed by atoms with Gasteiger partial charge in [0.05, 0.1) is 18.6 Å². The number of likely N-dealkylation sites (N-methyl/N-ethyl adjacent to an activating group) is 1. The van der Waals surface area contributed by atoms with Gasteiger partial charge < -0.3 is 20.1 Å². The molecule has 2 amide bonds. The Morgan fingerprint density at radius 2 is 2.15 bits per heavy atom. The molecule has 0 saturated carbocycles. The van der Waals surface area contributed by atoms with Gasteiger partial charge in [0, 0.05) is 18.8 Å². The number of urea groups is 1. The molecule has 2 N–H and O–H groups in total. The molecule has 0 spiro atoms. The lowest BCUT2D eigenvalue weighted by Gasteiger charge is -2.25. The number of carbonyl (C=O) groups excluding carboxylic acids is 1. The molecule has 0 bridgehead atoms. The summed E-state index contributed by atoms with van der Waals surface area (Å²) in [6.07, 6.45) is 0. The van der Waals surface area contributed by atoms with Gasteiger partial charge >= 0.3 is 12.0 Å². The topological polar surface area (TPSA) is 82.1 Å². The molecule has 116 valence electrons. The summed E-state index contributed by atoms with van der Waals surface area (Å²) in [5, 5.41) is 11.7. The fourth-order valence-corrected chi connectivity index (χ4v) is 2.98. The van der Waals surface area contributed by atoms with Crippen molar-refractivity contribution in [3.8, 4) is 0 Å². The number of carboxylic acid groups (broad SMARTS) is 1. The highest BCUT2D eigenvalue weighted by Gasteiger charge is 2.39. The number of thioether (sulfide) groups is 1. The largest absolute Gasteiger partial charge is 0.480 e. The third-order valence-corrected chi connectivity index (χ3v) is 4.17. The fraction of sp³-hybridized carbons (Fsp3) is 0.833. The second kappa shape index (κ2) is 8.33. The van der Waals surface area contributed by atoms with Crippen molar-refractivity contribution in [3.05, 3.63) is 0 Å². The van der Waals surface area contributed by atoms with Crippen molar-refractivity contribution >= 4 is 23.8 Å². The highest BCUT2D eigenvalue weighted by molar-refractivity contribution is 8.00. The van der Waals surface area contributed by atoms with E-state index in [1.165, 1.54) is 16.7 Å². The third kappa shape index (κ3) is 5.18. The molecular weight excluding hydrogens is 282 g/mol. The second-order valence-electron chi connectivity index (χ2n) is 4.84. The third-order valence-electron chi connectivity index (χ3n) is 2.95. The number of nitrogens with zero attached hydrogens (tertiary/aromatic N) is 2. The van der Waals surface area contributed by atoms with Crippen LogP contribution >= 0.6 is 11.8 Å². The van der Waals surface area contributed by atoms with Gasteiger partial charge in [-0.15, -0.1) is 11.8 Å². The standard InChI is InChI=1S/C12H23N3O4S/c1-9-15(10(8-20-9)11(16)17)12(18)13-4-6-19-7-5-14(2)3/h9-10H,4-8H2,1-3H3,(H,13,18)(H,16,17). The normalized spacial score (nSPS) is 22.3. The Morgan fingerprint density at radius 3 is 2.75 bits per heavy atom. The van der Waals surface area contributed by atoms with Gasteiger partial charge in [0.2, 0.25) is 0 Å². The molecule has 0 aromatic carbocycles. The Hall–Kier alpha value is -0.990. The summed E-state index contributed by atoms with van der Waals surface area (Å²) in [4.78, 5) is 26.5. The van der Waals surface area contributed by atoms with Gasteiger partial charge in [0.15, 0.2) is 0 Å². The minimum Gasteiger partial charge on any atom is -0.480 e. The summed E-state index contributed by atoms with van der Waals surface area (Å²) in [5.74, 6) is -0.525. The maximum absolute atomic E-state index is 12.0. The molecule has 0 aromatic heterocycles. The van der Waals surface area contributed by atoms with Crippen LogP contribution < -0.4 is 5.32 Å². The van der Waals surface area contributed by atoms with Gasteiger partial charge in [-0.1, -0.05) is 0 Å². The molecule has 8 heteroatoms. The number of ether oxygens (including phenoxy) is 1. The number of aliphatic carboxylic acids is 1. The van der Waals surface area contributed by atoms with Crippen LogP contribution in [0.15, 0.2) is 0 Å². The van der Waals surface area contributed by atoms with E-state index in [1.54, 1.807) is 0 Å². The summed E-state index contributed by atoms with van der Waals surface area (Å²) < 4.78 is 5.36. The van der Waals surface area contributed by atoms with Crippen molar-refractivity contribution in [1.29, 1.82) is 0 Å². The van der Waals surface area contributed by atoms with Crippen molar-refractivity contribution < 1.29 is 19.4 Å². The molecule has 1 fully saturated rings. The first-order chi connectivity index (χ1) is 9.43. The van der Waals surface area contributed by atoms with Crippen LogP contribution in [0.5, 0.6) is 0 Å². The first-order valence-corrected chi connectivity index (χ1v) is 7.61. The van der Waals surface area contributed by atoms with Crippen LogP contribution in [0.4, 0.5) is 4.79 Å². The second-order valence-corrected chi connectivity index (χ2v) is 6.19. The number of hydrogen-bond acceptors (Lipinski definition) is 5. The van der Waals surface area contributed by atoms with Crippen LogP contribution in [0.3, 0.4) is 0 Å². The van der Waals surface area contributed by atoms with Crippen LogP contribution in [0.2, 0.25) is 0 Å². The number of hydrogen-bond donors (Lipinski definition) is 2. The number of carboxylic acids is 1. The SMILES string of the molecule is CC1SCC(C(=O)O)N1C(=O)NCCOCCN(C)C. The highest BCUT2D eigenvalue weighted by atomic mass is 32.2. The fourth-order valence-electron chi connectivity index (χ4n) is 1.81. The predicted molar refractivity (Wildman–Crippen MR) is 78.0 cm³/mol. The maximum atomic E-state index is 12.0. The Labute approximate surface area is 123 Å². The molecule has 7 nitrogen and oxygen atoms in total. The Kier molecular flexibility index (Phi) is 7.11. The first kappa shape index (κ1) is 17.1. The molecule has 1 saturated heterocycles. The summed E-state index contributed by atoms with van der Waals surface area (Å²) in [6.45, 7) is 4.07. The Morgan fingerprint density at radius 1 is 1.45 bits per heavy atom. The highest BCUT2D eigenvalue weighted by Crippen LogP contribution is 2.28. The van der Waals surface area contributed by atoms with E-state index in [-0.39, 0.29) is 11.4 Å². The van der Waals surface area contributed by atoms with E-state index in [2.05, 4.69) is 5.32 Å². The monoisotopic (exact) mass is 305 g/mol. The maximum Gasteiger partial charge on any atom is 0.327 e. The van der Waals surface area contributed by atoms with Gasteiger partial charge in [0.25, 0.3) is 0 Å². The van der Waals surface area contributed by atoms with E-state index in [0.29, 0.717) is 25.5 Å². The average molecular weight is 305 g/mol. The quantitative estimate of drug-likeness (QED) is 0.650. The smallest absolute Gasteiger partial charge is 0.327 e. The lowest BCUT2D eigenvalue weighted by atomic mass is 10.3. The van der Waals surface area contributed by atoms with Crippen molar-refractivity contribution in [2.75, 3.05) is 46.2 Å². The summed E-state index contributed by atoms with van der Waals surface area (Å²) in [5.41, 5.74) is 0. The number of carbonyl (C=O) groups is 2. The van der Waals surface area contributed by atoms with Gasteiger partial charge in [-0.05, 0) is 21.0 Å². The van der Waals surface area contributed by atoms with E-state index in [9.17, 15) is 9.59 Å². The van der Waals surface area contributed by atoms with E-state index in [4.69, 9.17) is 9.84 Å². The van der Waals surface area contributed by atoms with Gasteiger partial charge in [-0.2, -0.15) is 0 Å². The van der Waals surface area contributed by atoms with Crippen molar-refractivity contribution in [3.63, 3.8) is 0 Å². The zero-order valence-corrected chi connectivity index (χ0v) is 13.0. The lowest BCUT2D eigenvalue weighted by molar-refractivity contribution is -0.141. The Balaban J connectivity index is 2.26. The van der Waals surface area contributed by atoms with Crippen LogP contribution in [-0.2, 0) is 9.53 Å². The predicted octanol–water partition coefficient (Wildman–Crippen LogP) is 0.122. The van der Waals surface area contributed by atoms with Gasteiger partial charge in [-0.25, -0.2) is 9.59 Å². The number of amides is 2. The van der Waals surface area contributed by atoms with E-state index >= 15 is 0 Å². The van der Waals surface area contributed by atoms with E-state index < -0.39 is 12.0 Å². The molecule has 2 atom stereocenters. The molecule has 0 aliphatic carbocycles. The van der Waals surface area contributed by atoms with Gasteiger partial charge in [0.1, 0.15) is 6.04 Å². The van der Waals surface area contributed by atoms with Gasteiger partial charge in [-0.3, -0.25) is 4.90 Å². The molecule has 1 rings (SSSR count). The molecular formula is C12H23N3O4S. The van der Waals surface area contributed by atoms with Crippen molar-refractivity contribution in [2.24, 2.45) is 0 Å². The number of rotatable bonds is 7. The molecule has 2 unspecified atom stereocenters. The molecule has 0 aromatic rings. The van der Waals surface area contributed by atoms with Crippen LogP contribution in [0, 0.1) is 0 Å². The first-order valence-electron chi connectivity index (χ1n) is 6.56. The van der Waals surface area contributed by atoms with Crippen molar-refractivity contribution in [1.82, 2.24) is 15.1 Å². The summed E-state index contributed by atoms with van der Waals surface area (Å²) in [7, 11) is 3.92. The van der Waals surface area contributed by atoms with Crippen LogP contribution in [0.1, 0.15) is 6.92 Å². The summed E-state index contributed by atoms with van der Waals surface area (Å²) >= 11 is 1.47. The van der Waals surface area contributed by atoms with E-state index in [0.717, 1.165) is 6.54 Å². The molecule has 1 heterocycles. The Bertz CT molecular complexity index is 341.